The van der Waals surface area contributed by atoms with Crippen LogP contribution in [0.3, 0.4) is 0 Å². The molecule has 0 aliphatic heterocycles. The number of nitrogens with zero attached hydrogens (tertiary/aromatic N) is 4. The summed E-state index contributed by atoms with van der Waals surface area (Å²) in [4.78, 5) is 25.3. The lowest BCUT2D eigenvalue weighted by molar-refractivity contribution is -0.130. The Labute approximate surface area is 128 Å². The van der Waals surface area contributed by atoms with Gasteiger partial charge in [0.1, 0.15) is 16.5 Å². The van der Waals surface area contributed by atoms with Crippen molar-refractivity contribution in [2.45, 2.75) is 19.9 Å². The number of carbonyl (C=O) groups is 1. The van der Waals surface area contributed by atoms with E-state index in [0.29, 0.717) is 24.7 Å². The second kappa shape index (κ2) is 6.82. The minimum Gasteiger partial charge on any atom is -0.383 e. The number of hydrogen-bond donors (Lipinski definition) is 1. The Bertz CT molecular complexity index is 625. The topological polar surface area (TPSA) is 75.4 Å². The van der Waals surface area contributed by atoms with Crippen LogP contribution in [0.15, 0.2) is 11.4 Å². The van der Waals surface area contributed by atoms with E-state index >= 15 is 0 Å². The van der Waals surface area contributed by atoms with Crippen LogP contribution in [0.4, 0.5) is 5.82 Å². The lowest BCUT2D eigenvalue weighted by atomic mass is 10.3. The summed E-state index contributed by atoms with van der Waals surface area (Å²) in [5.74, 6) is 1.25. The van der Waals surface area contributed by atoms with Crippen LogP contribution >= 0.6 is 11.3 Å². The van der Waals surface area contributed by atoms with E-state index in [4.69, 9.17) is 5.73 Å². The molecule has 2 N–H and O–H groups in total. The molecule has 2 rings (SSSR count). The third-order valence-electron chi connectivity index (χ3n) is 3.16. The number of aromatic nitrogens is 2. The molecule has 7 heteroatoms. The normalized spacial score (nSPS) is 11.2. The van der Waals surface area contributed by atoms with Crippen molar-refractivity contribution in [3.63, 3.8) is 0 Å². The average molecular weight is 307 g/mol. The summed E-state index contributed by atoms with van der Waals surface area (Å²) in [6.45, 7) is 3.81. The number of amides is 1. The fraction of sp³-hybridized carbons (Fsp3) is 0.500. The second-order valence-electron chi connectivity index (χ2n) is 5.16. The van der Waals surface area contributed by atoms with Gasteiger partial charge >= 0.3 is 0 Å². The van der Waals surface area contributed by atoms with Crippen LogP contribution in [0, 0.1) is 0 Å². The second-order valence-corrected chi connectivity index (χ2v) is 6.06. The van der Waals surface area contributed by atoms with Crippen molar-refractivity contribution >= 4 is 33.3 Å². The fourth-order valence-electron chi connectivity index (χ4n) is 2.06. The van der Waals surface area contributed by atoms with Crippen LogP contribution in [0.5, 0.6) is 0 Å². The number of fused-ring (bicyclic) bond motifs is 1. The van der Waals surface area contributed by atoms with Gasteiger partial charge in [-0.25, -0.2) is 9.97 Å². The largest absolute Gasteiger partial charge is 0.383 e. The highest BCUT2D eigenvalue weighted by Crippen LogP contribution is 2.23. The molecular weight excluding hydrogens is 286 g/mol. The molecule has 0 saturated heterocycles. The smallest absolute Gasteiger partial charge is 0.236 e. The summed E-state index contributed by atoms with van der Waals surface area (Å²) in [6, 6.07) is 1.93. The molecule has 2 heterocycles. The van der Waals surface area contributed by atoms with E-state index in [2.05, 4.69) is 21.8 Å². The van der Waals surface area contributed by atoms with Crippen molar-refractivity contribution in [2.75, 3.05) is 32.9 Å². The van der Waals surface area contributed by atoms with Gasteiger partial charge in [-0.3, -0.25) is 9.69 Å². The Morgan fingerprint density at radius 2 is 2.14 bits per heavy atom. The molecule has 0 aromatic carbocycles. The zero-order chi connectivity index (χ0) is 15.4. The minimum atomic E-state index is 0.0774. The molecule has 0 radical (unpaired) electrons. The first-order chi connectivity index (χ1) is 10.0. The summed E-state index contributed by atoms with van der Waals surface area (Å²) in [5, 5.41) is 2.86. The standard InChI is InChI=1S/C14H21N5OS/c1-4-6-19(9-12(20)18(2)3)8-11-16-13(15)10-5-7-21-14(10)17-11/h5,7H,4,6,8-9H2,1-3H3,(H2,15,16,17). The SMILES string of the molecule is CCCN(CC(=O)N(C)C)Cc1nc(N)c2ccsc2n1. The van der Waals surface area contributed by atoms with Gasteiger partial charge in [0, 0.05) is 14.1 Å². The number of hydrogen-bond acceptors (Lipinski definition) is 6. The lowest BCUT2D eigenvalue weighted by Gasteiger charge is -2.22. The maximum absolute atomic E-state index is 11.9. The Balaban J connectivity index is 2.15. The van der Waals surface area contributed by atoms with E-state index in [1.54, 1.807) is 30.3 Å². The van der Waals surface area contributed by atoms with E-state index in [1.807, 2.05) is 11.4 Å². The molecule has 21 heavy (non-hydrogen) atoms. The Morgan fingerprint density at radius 3 is 2.81 bits per heavy atom. The predicted molar refractivity (Wildman–Crippen MR) is 86.1 cm³/mol. The highest BCUT2D eigenvalue weighted by molar-refractivity contribution is 7.16. The van der Waals surface area contributed by atoms with Crippen molar-refractivity contribution in [3.8, 4) is 0 Å². The Kier molecular flexibility index (Phi) is 5.08. The fourth-order valence-corrected chi connectivity index (χ4v) is 2.85. The number of nitrogens with two attached hydrogens (primary N) is 1. The van der Waals surface area contributed by atoms with E-state index in [1.165, 1.54) is 0 Å². The monoisotopic (exact) mass is 307 g/mol. The van der Waals surface area contributed by atoms with Gasteiger partial charge in [0.2, 0.25) is 5.91 Å². The van der Waals surface area contributed by atoms with Crippen molar-refractivity contribution in [1.29, 1.82) is 0 Å². The third-order valence-corrected chi connectivity index (χ3v) is 3.97. The van der Waals surface area contributed by atoms with Crippen molar-refractivity contribution in [1.82, 2.24) is 19.8 Å². The van der Waals surface area contributed by atoms with Gasteiger partial charge in [-0.2, -0.15) is 0 Å². The molecule has 0 atom stereocenters. The summed E-state index contributed by atoms with van der Waals surface area (Å²) in [5.41, 5.74) is 5.96. The van der Waals surface area contributed by atoms with Crippen molar-refractivity contribution in [2.24, 2.45) is 0 Å². The van der Waals surface area contributed by atoms with Gasteiger partial charge in [-0.05, 0) is 24.4 Å². The molecule has 6 nitrogen and oxygen atoms in total. The molecule has 0 aliphatic rings. The Hall–Kier alpha value is -1.73. The quantitative estimate of drug-likeness (QED) is 0.877. The number of rotatable bonds is 6. The lowest BCUT2D eigenvalue weighted by Crippen LogP contribution is -2.37. The molecule has 2 aromatic rings. The van der Waals surface area contributed by atoms with E-state index in [-0.39, 0.29) is 5.91 Å². The number of likely N-dealkylation sites (N-methyl/N-ethyl adjacent to an activating group) is 1. The van der Waals surface area contributed by atoms with Crippen LogP contribution in [0.1, 0.15) is 19.2 Å². The first-order valence-corrected chi connectivity index (χ1v) is 7.81. The molecule has 0 spiro atoms. The van der Waals surface area contributed by atoms with Gasteiger partial charge in [-0.15, -0.1) is 11.3 Å². The highest BCUT2D eigenvalue weighted by atomic mass is 32.1. The molecule has 0 aliphatic carbocycles. The number of thiophene rings is 1. The molecule has 2 aromatic heterocycles. The van der Waals surface area contributed by atoms with Crippen LogP contribution in [0.25, 0.3) is 10.2 Å². The molecule has 1 amide bonds. The van der Waals surface area contributed by atoms with Crippen molar-refractivity contribution in [3.05, 3.63) is 17.3 Å². The zero-order valence-electron chi connectivity index (χ0n) is 12.7. The number of nitrogen functional groups attached to an aromatic ring is 1. The average Bonchev–Trinajstić information content (AvgIpc) is 2.87. The Morgan fingerprint density at radius 1 is 1.38 bits per heavy atom. The summed E-state index contributed by atoms with van der Waals surface area (Å²) in [7, 11) is 3.53. The maximum atomic E-state index is 11.9. The molecule has 0 saturated carbocycles. The summed E-state index contributed by atoms with van der Waals surface area (Å²) in [6.07, 6.45) is 0.970. The molecule has 0 fully saturated rings. The molecule has 0 bridgehead atoms. The molecular formula is C14H21N5OS. The van der Waals surface area contributed by atoms with Crippen molar-refractivity contribution < 1.29 is 4.79 Å². The molecule has 0 unspecified atom stereocenters. The van der Waals surface area contributed by atoms with Gasteiger partial charge in [0.15, 0.2) is 0 Å². The molecule has 114 valence electrons. The summed E-state index contributed by atoms with van der Waals surface area (Å²) >= 11 is 1.55. The first-order valence-electron chi connectivity index (χ1n) is 6.93. The van der Waals surface area contributed by atoms with Crippen LogP contribution in [-0.4, -0.2) is 52.9 Å². The minimum absolute atomic E-state index is 0.0774. The van der Waals surface area contributed by atoms with Crippen LogP contribution < -0.4 is 5.73 Å². The van der Waals surface area contributed by atoms with Gasteiger partial charge in [-0.1, -0.05) is 6.92 Å². The zero-order valence-corrected chi connectivity index (χ0v) is 13.5. The van der Waals surface area contributed by atoms with Gasteiger partial charge in [0.25, 0.3) is 0 Å². The van der Waals surface area contributed by atoms with Gasteiger partial charge in [0.05, 0.1) is 18.5 Å². The van der Waals surface area contributed by atoms with E-state index in [9.17, 15) is 4.79 Å². The first kappa shape index (κ1) is 15.7. The maximum Gasteiger partial charge on any atom is 0.236 e. The summed E-state index contributed by atoms with van der Waals surface area (Å²) < 4.78 is 0. The van der Waals surface area contributed by atoms with Crippen LogP contribution in [-0.2, 0) is 11.3 Å². The van der Waals surface area contributed by atoms with Crippen LogP contribution in [0.2, 0.25) is 0 Å². The number of anilines is 1. The highest BCUT2D eigenvalue weighted by Gasteiger charge is 2.15. The third kappa shape index (κ3) is 3.89. The van der Waals surface area contributed by atoms with E-state index in [0.717, 1.165) is 23.2 Å². The van der Waals surface area contributed by atoms with Gasteiger partial charge < -0.3 is 10.6 Å². The predicted octanol–water partition coefficient (Wildman–Crippen LogP) is 1.57. The number of carbonyl (C=O) groups excluding carboxylic acids is 1. The van der Waals surface area contributed by atoms with E-state index < -0.39 is 0 Å².